The fourth-order valence-corrected chi connectivity index (χ4v) is 2.94. The molecule has 100 valence electrons. The summed E-state index contributed by atoms with van der Waals surface area (Å²) in [6.45, 7) is 4.52. The molecule has 2 atom stereocenters. The van der Waals surface area contributed by atoms with Crippen molar-refractivity contribution in [2.24, 2.45) is 11.7 Å². The van der Waals surface area contributed by atoms with Crippen LogP contribution in [0.25, 0.3) is 0 Å². The summed E-state index contributed by atoms with van der Waals surface area (Å²) >= 11 is 0. The average molecular weight is 250 g/mol. The van der Waals surface area contributed by atoms with Crippen molar-refractivity contribution < 1.29 is 9.21 Å². The van der Waals surface area contributed by atoms with Crippen LogP contribution in [0.3, 0.4) is 0 Å². The van der Waals surface area contributed by atoms with E-state index in [1.807, 2.05) is 0 Å². The van der Waals surface area contributed by atoms with Crippen molar-refractivity contribution in [3.8, 4) is 0 Å². The minimum absolute atomic E-state index is 0.0687. The molecule has 2 rings (SSSR count). The fourth-order valence-electron chi connectivity index (χ4n) is 2.94. The van der Waals surface area contributed by atoms with Gasteiger partial charge < -0.3 is 15.5 Å². The third kappa shape index (κ3) is 2.58. The van der Waals surface area contributed by atoms with Crippen LogP contribution in [0.15, 0.2) is 16.7 Å². The number of carbonyl (C=O) groups excluding carboxylic acids is 1. The second-order valence-electron chi connectivity index (χ2n) is 5.53. The quantitative estimate of drug-likeness (QED) is 0.864. The van der Waals surface area contributed by atoms with Crippen LogP contribution < -0.4 is 11.1 Å². The van der Waals surface area contributed by atoms with Gasteiger partial charge in [0.15, 0.2) is 0 Å². The number of hydrogen-bond acceptors (Lipinski definition) is 3. The molecule has 0 radical (unpaired) electrons. The predicted molar refractivity (Wildman–Crippen MR) is 70.3 cm³/mol. The fraction of sp³-hybridized carbons (Fsp3) is 0.643. The smallest absolute Gasteiger partial charge is 0.255 e. The Kier molecular flexibility index (Phi) is 3.76. The maximum atomic E-state index is 12.2. The van der Waals surface area contributed by atoms with E-state index in [9.17, 15) is 4.79 Å². The second kappa shape index (κ2) is 5.14. The Morgan fingerprint density at radius 3 is 3.00 bits per heavy atom. The molecule has 2 unspecified atom stereocenters. The number of carbonyl (C=O) groups is 1. The van der Waals surface area contributed by atoms with E-state index in [-0.39, 0.29) is 11.4 Å². The number of hydrogen-bond donors (Lipinski definition) is 2. The monoisotopic (exact) mass is 250 g/mol. The number of aryl methyl sites for hydroxylation is 1. The number of furan rings is 1. The standard InChI is InChI=1S/C14H22N2O2/c1-10-4-3-6-14(8-10,9-15)16-13(17)12-5-7-18-11(12)2/h5,7,10H,3-4,6,8-9,15H2,1-2H3,(H,16,17). The lowest BCUT2D eigenvalue weighted by atomic mass is 9.76. The summed E-state index contributed by atoms with van der Waals surface area (Å²) in [7, 11) is 0. The van der Waals surface area contributed by atoms with Gasteiger partial charge in [-0.15, -0.1) is 0 Å². The van der Waals surface area contributed by atoms with Crippen molar-refractivity contribution in [1.82, 2.24) is 5.32 Å². The minimum atomic E-state index is -0.238. The number of nitrogens with one attached hydrogen (secondary N) is 1. The van der Waals surface area contributed by atoms with Crippen LogP contribution in [0, 0.1) is 12.8 Å². The zero-order chi connectivity index (χ0) is 13.2. The van der Waals surface area contributed by atoms with E-state index in [4.69, 9.17) is 10.2 Å². The number of rotatable bonds is 3. The van der Waals surface area contributed by atoms with E-state index in [0.717, 1.165) is 19.3 Å². The Balaban J connectivity index is 2.11. The van der Waals surface area contributed by atoms with Crippen molar-refractivity contribution in [3.05, 3.63) is 23.7 Å². The van der Waals surface area contributed by atoms with Gasteiger partial charge in [0.05, 0.1) is 17.4 Å². The first kappa shape index (κ1) is 13.1. The molecule has 0 spiro atoms. The Hall–Kier alpha value is -1.29. The van der Waals surface area contributed by atoms with E-state index in [2.05, 4.69) is 12.2 Å². The Labute approximate surface area is 108 Å². The molecule has 0 aromatic carbocycles. The highest BCUT2D eigenvalue weighted by Crippen LogP contribution is 2.32. The third-order valence-corrected chi connectivity index (χ3v) is 3.96. The highest BCUT2D eigenvalue weighted by Gasteiger charge is 2.35. The van der Waals surface area contributed by atoms with Gasteiger partial charge in [0, 0.05) is 6.54 Å². The first-order valence-corrected chi connectivity index (χ1v) is 6.63. The topological polar surface area (TPSA) is 68.3 Å². The van der Waals surface area contributed by atoms with Crippen molar-refractivity contribution in [2.75, 3.05) is 6.54 Å². The predicted octanol–water partition coefficient (Wildman–Crippen LogP) is 2.23. The average Bonchev–Trinajstić information content (AvgIpc) is 2.75. The highest BCUT2D eigenvalue weighted by atomic mass is 16.3. The normalized spacial score (nSPS) is 28.1. The molecule has 1 heterocycles. The van der Waals surface area contributed by atoms with Gasteiger partial charge in [-0.2, -0.15) is 0 Å². The Morgan fingerprint density at radius 2 is 2.44 bits per heavy atom. The summed E-state index contributed by atoms with van der Waals surface area (Å²) in [4.78, 5) is 12.2. The summed E-state index contributed by atoms with van der Waals surface area (Å²) in [5, 5.41) is 3.13. The molecule has 4 heteroatoms. The van der Waals surface area contributed by atoms with Crippen molar-refractivity contribution in [2.45, 2.75) is 45.1 Å². The molecule has 1 aromatic heterocycles. The molecule has 1 aliphatic rings. The molecule has 1 aliphatic carbocycles. The van der Waals surface area contributed by atoms with Crippen molar-refractivity contribution in [3.63, 3.8) is 0 Å². The maximum Gasteiger partial charge on any atom is 0.255 e. The molecule has 18 heavy (non-hydrogen) atoms. The Bertz CT molecular complexity index is 427. The van der Waals surface area contributed by atoms with Crippen LogP contribution in [0.1, 0.15) is 48.7 Å². The number of nitrogens with two attached hydrogens (primary N) is 1. The van der Waals surface area contributed by atoms with Gasteiger partial charge in [-0.1, -0.05) is 19.8 Å². The molecular weight excluding hydrogens is 228 g/mol. The first-order chi connectivity index (χ1) is 8.56. The van der Waals surface area contributed by atoms with Crippen LogP contribution in [0.5, 0.6) is 0 Å². The van der Waals surface area contributed by atoms with Gasteiger partial charge in [0.2, 0.25) is 0 Å². The van der Waals surface area contributed by atoms with E-state index >= 15 is 0 Å². The van der Waals surface area contributed by atoms with Gasteiger partial charge in [-0.3, -0.25) is 4.79 Å². The SMILES string of the molecule is Cc1occc1C(=O)NC1(CN)CCCC(C)C1. The lowest BCUT2D eigenvalue weighted by Crippen LogP contribution is -2.56. The minimum Gasteiger partial charge on any atom is -0.469 e. The van der Waals surface area contributed by atoms with Crippen molar-refractivity contribution >= 4 is 5.91 Å². The summed E-state index contributed by atoms with van der Waals surface area (Å²) in [6.07, 6.45) is 5.83. The molecule has 1 fully saturated rings. The first-order valence-electron chi connectivity index (χ1n) is 6.63. The van der Waals surface area contributed by atoms with Gasteiger partial charge in [0.1, 0.15) is 5.76 Å². The van der Waals surface area contributed by atoms with Gasteiger partial charge in [-0.25, -0.2) is 0 Å². The molecule has 4 nitrogen and oxygen atoms in total. The molecule has 0 aliphatic heterocycles. The second-order valence-corrected chi connectivity index (χ2v) is 5.53. The van der Waals surface area contributed by atoms with E-state index in [0.29, 0.717) is 23.8 Å². The van der Waals surface area contributed by atoms with Crippen LogP contribution in [-0.2, 0) is 0 Å². The lowest BCUT2D eigenvalue weighted by molar-refractivity contribution is 0.0852. The molecule has 1 aromatic rings. The van der Waals surface area contributed by atoms with Crippen molar-refractivity contribution in [1.29, 1.82) is 0 Å². The zero-order valence-electron chi connectivity index (χ0n) is 11.2. The van der Waals surface area contributed by atoms with E-state index in [1.54, 1.807) is 19.3 Å². The summed E-state index contributed by atoms with van der Waals surface area (Å²) < 4.78 is 5.17. The largest absolute Gasteiger partial charge is 0.469 e. The molecule has 0 bridgehead atoms. The van der Waals surface area contributed by atoms with Gasteiger partial charge in [-0.05, 0) is 31.7 Å². The van der Waals surface area contributed by atoms with Crippen LogP contribution in [0.4, 0.5) is 0 Å². The van der Waals surface area contributed by atoms with Gasteiger partial charge in [0.25, 0.3) is 5.91 Å². The maximum absolute atomic E-state index is 12.2. The summed E-state index contributed by atoms with van der Waals surface area (Å²) in [6, 6.07) is 1.71. The van der Waals surface area contributed by atoms with E-state index < -0.39 is 0 Å². The molecule has 1 amide bonds. The van der Waals surface area contributed by atoms with E-state index in [1.165, 1.54) is 6.42 Å². The molecule has 1 saturated carbocycles. The zero-order valence-corrected chi connectivity index (χ0v) is 11.2. The summed E-state index contributed by atoms with van der Waals surface area (Å²) in [5.41, 5.74) is 6.28. The van der Waals surface area contributed by atoms with Gasteiger partial charge >= 0.3 is 0 Å². The highest BCUT2D eigenvalue weighted by molar-refractivity contribution is 5.95. The Morgan fingerprint density at radius 1 is 1.67 bits per heavy atom. The molecular formula is C14H22N2O2. The van der Waals surface area contributed by atoms with Crippen LogP contribution in [0.2, 0.25) is 0 Å². The third-order valence-electron chi connectivity index (χ3n) is 3.96. The lowest BCUT2D eigenvalue weighted by Gasteiger charge is -2.39. The van der Waals surface area contributed by atoms with Crippen LogP contribution in [-0.4, -0.2) is 18.0 Å². The summed E-state index contributed by atoms with van der Waals surface area (Å²) in [5.74, 6) is 1.21. The van der Waals surface area contributed by atoms with Crippen LogP contribution >= 0.6 is 0 Å². The molecule has 3 N–H and O–H groups in total. The number of amides is 1. The molecule has 0 saturated heterocycles.